The molecule has 0 saturated heterocycles. The Morgan fingerprint density at radius 2 is 1.89 bits per heavy atom. The van der Waals surface area contributed by atoms with Crippen LogP contribution in [0.4, 0.5) is 5.69 Å². The molecule has 1 rings (SSSR count). The molecule has 1 aromatic rings. The molecule has 0 aliphatic rings. The van der Waals surface area contributed by atoms with E-state index in [0.717, 1.165) is 0 Å². The van der Waals surface area contributed by atoms with Crippen LogP contribution in [0.15, 0.2) is 18.2 Å². The molecule has 102 valence electrons. The van der Waals surface area contributed by atoms with E-state index >= 15 is 0 Å². The van der Waals surface area contributed by atoms with Gasteiger partial charge in [0, 0.05) is 19.4 Å². The molecule has 0 aromatic heterocycles. The molecule has 1 aromatic carbocycles. The van der Waals surface area contributed by atoms with Crippen molar-refractivity contribution in [3.8, 4) is 0 Å². The summed E-state index contributed by atoms with van der Waals surface area (Å²) >= 11 is 0. The molecule has 0 spiro atoms. The van der Waals surface area contributed by atoms with Gasteiger partial charge in [-0.2, -0.15) is 0 Å². The minimum absolute atomic E-state index is 0. The fourth-order valence-corrected chi connectivity index (χ4v) is 1.44. The maximum absolute atomic E-state index is 12.4. The molecule has 4 heteroatoms. The first kappa shape index (κ1) is 6.40. The van der Waals surface area contributed by atoms with Gasteiger partial charge in [-0.15, -0.1) is 12.4 Å². The van der Waals surface area contributed by atoms with Crippen LogP contribution in [0.2, 0.25) is 0 Å². The van der Waals surface area contributed by atoms with Crippen molar-refractivity contribution < 1.29 is 18.5 Å². The number of halogens is 1. The number of hydrogen-bond donors (Lipinski definition) is 1. The number of nitrogens with one attached hydrogen (secondary N) is 1. The standard InChI is InChI=1S/C14H22N2O.ClH/c1-5-16(6-2)10-13(17)15-14-11(3)8-7-9-12(14)4;/h7-9H,5-6,10H2,1-4H3,(H,15,17);1H/i1D3,2D3,5D2,6D2;. The second kappa shape index (κ2) is 8.11. The first-order valence-corrected chi connectivity index (χ1v) is 5.07. The van der Waals surface area contributed by atoms with Crippen molar-refractivity contribution in [2.75, 3.05) is 24.9 Å². The zero-order valence-corrected chi connectivity index (χ0v) is 11.0. The second-order valence-electron chi connectivity index (χ2n) is 3.62. The van der Waals surface area contributed by atoms with Crippen LogP contribution in [0.25, 0.3) is 0 Å². The lowest BCUT2D eigenvalue weighted by molar-refractivity contribution is -0.117. The summed E-state index contributed by atoms with van der Waals surface area (Å²) in [6.07, 6.45) is 0. The topological polar surface area (TPSA) is 32.3 Å². The largest absolute Gasteiger partial charge is 0.324 e. The summed E-state index contributed by atoms with van der Waals surface area (Å²) in [5.74, 6) is -0.936. The summed E-state index contributed by atoms with van der Waals surface area (Å²) in [4.78, 5) is 12.4. The molecule has 0 aliphatic heterocycles. The highest BCUT2D eigenvalue weighted by molar-refractivity contribution is 5.93. The first-order valence-electron chi connectivity index (χ1n) is 10.1. The highest BCUT2D eigenvalue weighted by Gasteiger charge is 2.09. The summed E-state index contributed by atoms with van der Waals surface area (Å²) in [6.45, 7) is -11.3. The van der Waals surface area contributed by atoms with Gasteiger partial charge in [0.15, 0.2) is 0 Å². The molecule has 0 atom stereocenters. The number of amides is 1. The van der Waals surface area contributed by atoms with E-state index in [4.69, 9.17) is 13.7 Å². The number of anilines is 1. The van der Waals surface area contributed by atoms with Crippen LogP contribution < -0.4 is 5.32 Å². The van der Waals surface area contributed by atoms with E-state index in [1.165, 1.54) is 0 Å². The van der Waals surface area contributed by atoms with Gasteiger partial charge in [0.05, 0.1) is 6.54 Å². The van der Waals surface area contributed by atoms with E-state index in [0.29, 0.717) is 16.8 Å². The molecule has 0 saturated carbocycles. The molecule has 0 heterocycles. The summed E-state index contributed by atoms with van der Waals surface area (Å²) in [7, 11) is 0. The van der Waals surface area contributed by atoms with Gasteiger partial charge >= 0.3 is 0 Å². The third-order valence-corrected chi connectivity index (χ3v) is 2.32. The lowest BCUT2D eigenvalue weighted by Crippen LogP contribution is -2.33. The third kappa shape index (κ3) is 4.67. The van der Waals surface area contributed by atoms with Crippen molar-refractivity contribution >= 4 is 24.0 Å². The third-order valence-electron chi connectivity index (χ3n) is 2.32. The monoisotopic (exact) mass is 280 g/mol. The maximum Gasteiger partial charge on any atom is 0.238 e. The molecule has 0 aliphatic carbocycles. The molecular formula is C14H23ClN2O. The van der Waals surface area contributed by atoms with Gasteiger partial charge in [-0.1, -0.05) is 31.9 Å². The Morgan fingerprint density at radius 1 is 1.33 bits per heavy atom. The molecular weight excluding hydrogens is 248 g/mol. The number of carbonyl (C=O) groups is 1. The van der Waals surface area contributed by atoms with Crippen molar-refractivity contribution in [2.24, 2.45) is 0 Å². The van der Waals surface area contributed by atoms with Gasteiger partial charge in [-0.05, 0) is 38.0 Å². The van der Waals surface area contributed by atoms with Crippen LogP contribution >= 0.6 is 12.4 Å². The molecule has 0 bridgehead atoms. The molecule has 3 nitrogen and oxygen atoms in total. The Bertz CT molecular complexity index is 656. The SMILES string of the molecule is Cl.[2H]C([2H])([2H])C([2H])([2H])N(CC(=O)Nc1c(C)cccc1C)C([2H])([2H])C([2H])([2H])[2H]. The van der Waals surface area contributed by atoms with Crippen molar-refractivity contribution in [1.82, 2.24) is 4.90 Å². The highest BCUT2D eigenvalue weighted by atomic mass is 35.5. The zero-order valence-electron chi connectivity index (χ0n) is 20.2. The number of hydrogen-bond acceptors (Lipinski definition) is 2. The molecule has 18 heavy (non-hydrogen) atoms. The number of para-hydroxylation sites is 1. The van der Waals surface area contributed by atoms with Crippen LogP contribution in [0, 0.1) is 13.8 Å². The van der Waals surface area contributed by atoms with Crippen molar-refractivity contribution in [1.29, 1.82) is 0 Å². The Hall–Kier alpha value is -1.06. The van der Waals surface area contributed by atoms with E-state index in [1.54, 1.807) is 32.0 Å². The Kier molecular flexibility index (Phi) is 2.88. The quantitative estimate of drug-likeness (QED) is 0.899. The number of benzene rings is 1. The molecule has 1 N–H and O–H groups in total. The lowest BCUT2D eigenvalue weighted by atomic mass is 10.1. The van der Waals surface area contributed by atoms with Gasteiger partial charge in [-0.3, -0.25) is 9.69 Å². The van der Waals surface area contributed by atoms with E-state index in [-0.39, 0.29) is 17.3 Å². The number of aryl methyl sites for hydroxylation is 2. The number of likely N-dealkylation sites (N-methyl/N-ethyl adjacent to an activating group) is 1. The van der Waals surface area contributed by atoms with E-state index < -0.39 is 39.1 Å². The highest BCUT2D eigenvalue weighted by Crippen LogP contribution is 2.19. The summed E-state index contributed by atoms with van der Waals surface area (Å²) in [5, 5.41) is 2.47. The predicted octanol–water partition coefficient (Wildman–Crippen LogP) is 3.01. The van der Waals surface area contributed by atoms with Gasteiger partial charge in [0.2, 0.25) is 5.91 Å². The average Bonchev–Trinajstić information content (AvgIpc) is 2.46. The predicted molar refractivity (Wildman–Crippen MR) is 79.6 cm³/mol. The van der Waals surface area contributed by atoms with Crippen molar-refractivity contribution in [2.45, 2.75) is 27.6 Å². The van der Waals surface area contributed by atoms with Gasteiger partial charge in [0.25, 0.3) is 0 Å². The lowest BCUT2D eigenvalue weighted by Gasteiger charge is -2.18. The number of carbonyl (C=O) groups excluding carboxylic acids is 1. The summed E-state index contributed by atoms with van der Waals surface area (Å²) in [5.41, 5.74) is 1.78. The van der Waals surface area contributed by atoms with Crippen molar-refractivity contribution in [3.05, 3.63) is 29.3 Å². The minimum Gasteiger partial charge on any atom is -0.324 e. The molecule has 1 amide bonds. The second-order valence-corrected chi connectivity index (χ2v) is 3.62. The number of rotatable bonds is 5. The minimum atomic E-state index is -3.40. The van der Waals surface area contributed by atoms with Crippen LogP contribution in [-0.4, -0.2) is 30.3 Å². The van der Waals surface area contributed by atoms with E-state index in [9.17, 15) is 4.79 Å². The van der Waals surface area contributed by atoms with Crippen LogP contribution in [0.5, 0.6) is 0 Å². The summed E-state index contributed by atoms with van der Waals surface area (Å²) in [6, 6.07) is 5.18. The van der Waals surface area contributed by atoms with Crippen LogP contribution in [0.1, 0.15) is 38.5 Å². The maximum atomic E-state index is 12.4. The molecule has 0 unspecified atom stereocenters. The zero-order chi connectivity index (χ0) is 21.4. The fraction of sp³-hybridized carbons (Fsp3) is 0.500. The number of nitrogens with zero attached hydrogens (tertiary/aromatic N) is 1. The Balaban J connectivity index is 0.00000729. The Morgan fingerprint density at radius 3 is 2.39 bits per heavy atom. The van der Waals surface area contributed by atoms with E-state index in [1.807, 2.05) is 0 Å². The smallest absolute Gasteiger partial charge is 0.238 e. The average molecular weight is 281 g/mol. The van der Waals surface area contributed by atoms with Crippen molar-refractivity contribution in [3.63, 3.8) is 0 Å². The normalized spacial score (nSPS) is 21.3. The fourth-order valence-electron chi connectivity index (χ4n) is 1.44. The van der Waals surface area contributed by atoms with Gasteiger partial charge in [0.1, 0.15) is 0 Å². The molecule has 0 fully saturated rings. The van der Waals surface area contributed by atoms with Crippen LogP contribution in [0.3, 0.4) is 0 Å². The summed E-state index contributed by atoms with van der Waals surface area (Å²) < 4.78 is 75.1. The van der Waals surface area contributed by atoms with Gasteiger partial charge < -0.3 is 5.32 Å². The molecule has 0 radical (unpaired) electrons. The first-order chi connectivity index (χ1) is 11.9. The van der Waals surface area contributed by atoms with E-state index in [2.05, 4.69) is 5.32 Å². The van der Waals surface area contributed by atoms with Gasteiger partial charge in [-0.25, -0.2) is 0 Å². The Labute approximate surface area is 130 Å². The van der Waals surface area contributed by atoms with Crippen LogP contribution in [-0.2, 0) is 4.79 Å².